The van der Waals surface area contributed by atoms with Crippen molar-refractivity contribution in [3.8, 4) is 5.75 Å². The van der Waals surface area contributed by atoms with E-state index in [1.807, 2.05) is 0 Å². The molecule has 0 aromatic heterocycles. The molecular formula is C12H9BrO5. The molecule has 18 heavy (non-hydrogen) atoms. The normalized spacial score (nSPS) is 13.9. The van der Waals surface area contributed by atoms with Gasteiger partial charge in [-0.2, -0.15) is 0 Å². The van der Waals surface area contributed by atoms with Crippen molar-refractivity contribution in [3.63, 3.8) is 0 Å². The average molecular weight is 313 g/mol. The third-order valence-electron chi connectivity index (χ3n) is 2.25. The van der Waals surface area contributed by atoms with Crippen LogP contribution in [0, 0.1) is 0 Å². The van der Waals surface area contributed by atoms with Gasteiger partial charge in [-0.1, -0.05) is 0 Å². The van der Waals surface area contributed by atoms with Gasteiger partial charge in [0.25, 0.3) is 0 Å². The molecule has 0 bridgehead atoms. The maximum Gasteiger partial charge on any atom is 0.344 e. The van der Waals surface area contributed by atoms with E-state index in [4.69, 9.17) is 9.47 Å². The van der Waals surface area contributed by atoms with Crippen LogP contribution in [0.3, 0.4) is 0 Å². The van der Waals surface area contributed by atoms with Crippen molar-refractivity contribution < 1.29 is 23.8 Å². The lowest BCUT2D eigenvalue weighted by molar-refractivity contribution is -0.135. The molecular weight excluding hydrogens is 304 g/mol. The molecule has 0 spiro atoms. The van der Waals surface area contributed by atoms with E-state index in [0.717, 1.165) is 6.08 Å². The van der Waals surface area contributed by atoms with Crippen LogP contribution in [0.1, 0.15) is 10.4 Å². The van der Waals surface area contributed by atoms with Gasteiger partial charge in [-0.25, -0.2) is 9.59 Å². The van der Waals surface area contributed by atoms with Gasteiger partial charge in [-0.05, 0) is 34.1 Å². The second-order valence-electron chi connectivity index (χ2n) is 3.45. The Hall–Kier alpha value is -1.82. The van der Waals surface area contributed by atoms with Crippen LogP contribution in [-0.2, 0) is 14.3 Å². The highest BCUT2D eigenvalue weighted by atomic mass is 79.9. The Morgan fingerprint density at radius 1 is 1.44 bits per heavy atom. The second kappa shape index (κ2) is 5.22. The minimum atomic E-state index is -0.578. The molecule has 0 atom stereocenters. The summed E-state index contributed by atoms with van der Waals surface area (Å²) >= 11 is 3.25. The standard InChI is InChI=1S/C12H9BrO5/c1-16-7-2-3-10(13)9(4-7)12(15)18-8-5-11(14)17-6-8/h2-5H,6H2,1H3. The smallest absolute Gasteiger partial charge is 0.344 e. The first-order chi connectivity index (χ1) is 8.60. The summed E-state index contributed by atoms with van der Waals surface area (Å²) in [5.41, 5.74) is 0.314. The number of cyclic esters (lactones) is 1. The Labute approximate surface area is 111 Å². The fraction of sp³-hybridized carbons (Fsp3) is 0.167. The largest absolute Gasteiger partial charge is 0.497 e. The molecule has 0 amide bonds. The summed E-state index contributed by atoms with van der Waals surface area (Å²) in [5, 5.41) is 0. The number of hydrogen-bond donors (Lipinski definition) is 0. The third-order valence-corrected chi connectivity index (χ3v) is 2.94. The summed E-state index contributed by atoms with van der Waals surface area (Å²) in [4.78, 5) is 22.7. The van der Waals surface area contributed by atoms with E-state index in [1.54, 1.807) is 18.2 Å². The van der Waals surface area contributed by atoms with E-state index < -0.39 is 11.9 Å². The van der Waals surface area contributed by atoms with Gasteiger partial charge in [-0.15, -0.1) is 0 Å². The van der Waals surface area contributed by atoms with Gasteiger partial charge in [-0.3, -0.25) is 0 Å². The molecule has 1 aromatic carbocycles. The van der Waals surface area contributed by atoms with Crippen molar-refractivity contribution in [1.29, 1.82) is 0 Å². The number of esters is 2. The van der Waals surface area contributed by atoms with Gasteiger partial charge < -0.3 is 14.2 Å². The summed E-state index contributed by atoms with van der Waals surface area (Å²) in [6, 6.07) is 4.94. The van der Waals surface area contributed by atoms with Gasteiger partial charge in [0.05, 0.1) is 18.7 Å². The molecule has 0 saturated carbocycles. The third kappa shape index (κ3) is 2.70. The number of halogens is 1. The van der Waals surface area contributed by atoms with Crippen molar-refractivity contribution in [3.05, 3.63) is 40.1 Å². The molecule has 94 valence electrons. The lowest BCUT2D eigenvalue weighted by Gasteiger charge is -2.07. The Morgan fingerprint density at radius 2 is 2.22 bits per heavy atom. The number of carbonyl (C=O) groups is 2. The molecule has 0 N–H and O–H groups in total. The summed E-state index contributed by atoms with van der Waals surface area (Å²) in [5.74, 6) is -0.356. The molecule has 2 rings (SSSR count). The SMILES string of the molecule is COc1ccc(Br)c(C(=O)OC2=CC(=O)OC2)c1. The van der Waals surface area contributed by atoms with Crippen molar-refractivity contribution in [2.24, 2.45) is 0 Å². The zero-order chi connectivity index (χ0) is 13.1. The number of ether oxygens (including phenoxy) is 3. The Bertz CT molecular complexity index is 535. The van der Waals surface area contributed by atoms with Crippen molar-refractivity contribution in [2.75, 3.05) is 13.7 Å². The molecule has 1 heterocycles. The lowest BCUT2D eigenvalue weighted by Crippen LogP contribution is -2.07. The van der Waals surface area contributed by atoms with Crippen molar-refractivity contribution in [1.82, 2.24) is 0 Å². The lowest BCUT2D eigenvalue weighted by atomic mass is 10.2. The highest BCUT2D eigenvalue weighted by Crippen LogP contribution is 2.24. The molecule has 1 aromatic rings. The predicted molar refractivity (Wildman–Crippen MR) is 65.2 cm³/mol. The van der Waals surface area contributed by atoms with E-state index in [0.29, 0.717) is 15.8 Å². The number of rotatable bonds is 3. The molecule has 0 fully saturated rings. The van der Waals surface area contributed by atoms with E-state index in [2.05, 4.69) is 20.7 Å². The Morgan fingerprint density at radius 3 is 2.83 bits per heavy atom. The molecule has 0 radical (unpaired) electrons. The van der Waals surface area contributed by atoms with E-state index in [9.17, 15) is 9.59 Å². The van der Waals surface area contributed by atoms with Gasteiger partial charge in [0, 0.05) is 4.47 Å². The van der Waals surface area contributed by atoms with Crippen LogP contribution in [0.5, 0.6) is 5.75 Å². The first-order valence-corrected chi connectivity index (χ1v) is 5.82. The minimum Gasteiger partial charge on any atom is -0.497 e. The molecule has 0 saturated heterocycles. The highest BCUT2D eigenvalue weighted by Gasteiger charge is 2.20. The van der Waals surface area contributed by atoms with Gasteiger partial charge in [0.15, 0.2) is 5.76 Å². The minimum absolute atomic E-state index is 0.0217. The zero-order valence-corrected chi connectivity index (χ0v) is 11.0. The monoisotopic (exact) mass is 312 g/mol. The van der Waals surface area contributed by atoms with Gasteiger partial charge >= 0.3 is 11.9 Å². The number of carbonyl (C=O) groups excluding carboxylic acids is 2. The molecule has 1 aliphatic rings. The number of methoxy groups -OCH3 is 1. The van der Waals surface area contributed by atoms with E-state index in [-0.39, 0.29) is 12.4 Å². The predicted octanol–water partition coefficient (Wildman–Crippen LogP) is 2.06. The summed E-state index contributed by atoms with van der Waals surface area (Å²) in [7, 11) is 1.50. The number of hydrogen-bond acceptors (Lipinski definition) is 5. The fourth-order valence-electron chi connectivity index (χ4n) is 1.38. The van der Waals surface area contributed by atoms with Crippen LogP contribution in [0.4, 0.5) is 0 Å². The molecule has 6 heteroatoms. The summed E-state index contributed by atoms with van der Waals surface area (Å²) < 4.78 is 15.3. The second-order valence-corrected chi connectivity index (χ2v) is 4.31. The summed E-state index contributed by atoms with van der Waals surface area (Å²) in [6.07, 6.45) is 1.14. The van der Waals surface area contributed by atoms with Crippen LogP contribution in [0.2, 0.25) is 0 Å². The Kier molecular flexibility index (Phi) is 3.66. The first-order valence-electron chi connectivity index (χ1n) is 5.03. The van der Waals surface area contributed by atoms with Crippen molar-refractivity contribution >= 4 is 27.9 Å². The van der Waals surface area contributed by atoms with Gasteiger partial charge in [0.2, 0.25) is 0 Å². The van der Waals surface area contributed by atoms with Crippen LogP contribution < -0.4 is 4.74 Å². The average Bonchev–Trinajstić information content (AvgIpc) is 2.75. The quantitative estimate of drug-likeness (QED) is 0.799. The fourth-order valence-corrected chi connectivity index (χ4v) is 1.79. The van der Waals surface area contributed by atoms with Crippen LogP contribution in [0.15, 0.2) is 34.5 Å². The van der Waals surface area contributed by atoms with Crippen molar-refractivity contribution in [2.45, 2.75) is 0 Å². The van der Waals surface area contributed by atoms with E-state index >= 15 is 0 Å². The zero-order valence-electron chi connectivity index (χ0n) is 9.44. The Balaban J connectivity index is 2.18. The molecule has 0 unspecified atom stereocenters. The summed E-state index contributed by atoms with van der Waals surface area (Å²) in [6.45, 7) is -0.0217. The van der Waals surface area contributed by atoms with Gasteiger partial charge in [0.1, 0.15) is 12.4 Å². The maximum atomic E-state index is 11.9. The topological polar surface area (TPSA) is 61.8 Å². The molecule has 0 aliphatic carbocycles. The molecule has 1 aliphatic heterocycles. The first kappa shape index (κ1) is 12.6. The van der Waals surface area contributed by atoms with Crippen LogP contribution >= 0.6 is 15.9 Å². The van der Waals surface area contributed by atoms with Crippen LogP contribution in [-0.4, -0.2) is 25.7 Å². The van der Waals surface area contributed by atoms with Crippen LogP contribution in [0.25, 0.3) is 0 Å². The maximum absolute atomic E-state index is 11.9. The number of benzene rings is 1. The van der Waals surface area contributed by atoms with E-state index in [1.165, 1.54) is 7.11 Å². The molecule has 5 nitrogen and oxygen atoms in total. The highest BCUT2D eigenvalue weighted by molar-refractivity contribution is 9.10.